The van der Waals surface area contributed by atoms with Gasteiger partial charge in [0.2, 0.25) is 5.82 Å². The number of rotatable bonds is 6. The van der Waals surface area contributed by atoms with Crippen LogP contribution in [-0.4, -0.2) is 44.6 Å². The van der Waals surface area contributed by atoms with Gasteiger partial charge in [-0.3, -0.25) is 9.59 Å². The van der Waals surface area contributed by atoms with Gasteiger partial charge in [-0.15, -0.1) is 0 Å². The number of hydrogen-bond donors (Lipinski definition) is 1. The van der Waals surface area contributed by atoms with E-state index in [9.17, 15) is 22.8 Å². The number of nitrogens with zero attached hydrogens (tertiary/aromatic N) is 3. The Hall–Kier alpha value is -2.91. The highest BCUT2D eigenvalue weighted by Gasteiger charge is 2.38. The summed E-state index contributed by atoms with van der Waals surface area (Å²) in [7, 11) is 0. The van der Waals surface area contributed by atoms with Gasteiger partial charge in [-0.05, 0) is 25.5 Å². The summed E-state index contributed by atoms with van der Waals surface area (Å²) in [6.07, 6.45) is -4.17. The zero-order chi connectivity index (χ0) is 19.5. The molecular weight excluding hydrogens is 355 g/mol. The fourth-order valence-electron chi connectivity index (χ4n) is 2.18. The molecule has 10 heteroatoms. The Balaban J connectivity index is 2.23. The first-order valence-corrected chi connectivity index (χ1v) is 7.67. The summed E-state index contributed by atoms with van der Waals surface area (Å²) in [5.74, 6) is -3.35. The van der Waals surface area contributed by atoms with Crippen molar-refractivity contribution in [3.8, 4) is 11.4 Å². The van der Waals surface area contributed by atoms with Gasteiger partial charge in [0.25, 0.3) is 5.91 Å². The normalized spacial score (nSPS) is 12.7. The molecule has 0 saturated heterocycles. The standard InChI is InChI=1S/C16H16F3N3O4/c1-3-9(2)22(8-12(23)24)14(25)11-6-4-10(5-7-11)13-20-15(26-21-13)16(17,18)19/h4-7,9H,3,8H2,1-2H3,(H,23,24). The summed E-state index contributed by atoms with van der Waals surface area (Å²) in [5, 5.41) is 12.2. The van der Waals surface area contributed by atoms with Gasteiger partial charge in [0.05, 0.1) is 0 Å². The van der Waals surface area contributed by atoms with Crippen molar-refractivity contribution >= 4 is 11.9 Å². The molecule has 0 radical (unpaired) electrons. The number of alkyl halides is 3. The SMILES string of the molecule is CCC(C)N(CC(=O)O)C(=O)c1ccc(-c2noc(C(F)(F)F)n2)cc1. The predicted molar refractivity (Wildman–Crippen MR) is 83.2 cm³/mol. The maximum Gasteiger partial charge on any atom is 0.471 e. The summed E-state index contributed by atoms with van der Waals surface area (Å²) in [4.78, 5) is 28.0. The first kappa shape index (κ1) is 19.4. The predicted octanol–water partition coefficient (Wildman–Crippen LogP) is 3.08. The Morgan fingerprint density at radius 3 is 2.35 bits per heavy atom. The van der Waals surface area contributed by atoms with Crippen LogP contribution in [0.2, 0.25) is 0 Å². The highest BCUT2D eigenvalue weighted by molar-refractivity contribution is 5.96. The van der Waals surface area contributed by atoms with E-state index in [0.29, 0.717) is 6.42 Å². The number of carboxylic acids is 1. The highest BCUT2D eigenvalue weighted by Crippen LogP contribution is 2.29. The molecule has 1 atom stereocenters. The van der Waals surface area contributed by atoms with Crippen LogP contribution in [0.5, 0.6) is 0 Å². The van der Waals surface area contributed by atoms with Crippen molar-refractivity contribution in [1.29, 1.82) is 0 Å². The third-order valence-corrected chi connectivity index (χ3v) is 3.75. The van der Waals surface area contributed by atoms with Crippen LogP contribution in [0.15, 0.2) is 28.8 Å². The average molecular weight is 371 g/mol. The van der Waals surface area contributed by atoms with E-state index in [1.807, 2.05) is 6.92 Å². The number of carboxylic acid groups (broad SMARTS) is 1. The Morgan fingerprint density at radius 2 is 1.88 bits per heavy atom. The zero-order valence-electron chi connectivity index (χ0n) is 13.9. The topological polar surface area (TPSA) is 96.5 Å². The molecule has 0 saturated carbocycles. The third-order valence-electron chi connectivity index (χ3n) is 3.75. The quantitative estimate of drug-likeness (QED) is 0.838. The van der Waals surface area contributed by atoms with Crippen molar-refractivity contribution in [3.05, 3.63) is 35.7 Å². The van der Waals surface area contributed by atoms with Gasteiger partial charge >= 0.3 is 18.0 Å². The summed E-state index contributed by atoms with van der Waals surface area (Å²) < 4.78 is 41.6. The van der Waals surface area contributed by atoms with E-state index < -0.39 is 30.5 Å². The zero-order valence-corrected chi connectivity index (χ0v) is 13.9. The van der Waals surface area contributed by atoms with Gasteiger partial charge in [-0.1, -0.05) is 24.2 Å². The molecule has 26 heavy (non-hydrogen) atoms. The molecular formula is C16H16F3N3O4. The number of halogens is 3. The summed E-state index contributed by atoms with van der Waals surface area (Å²) >= 11 is 0. The van der Waals surface area contributed by atoms with Crippen molar-refractivity contribution in [3.63, 3.8) is 0 Å². The minimum Gasteiger partial charge on any atom is -0.480 e. The molecule has 1 heterocycles. The van der Waals surface area contributed by atoms with Crippen LogP contribution in [0.1, 0.15) is 36.5 Å². The number of aliphatic carboxylic acids is 1. The molecule has 1 N–H and O–H groups in total. The van der Waals surface area contributed by atoms with Gasteiger partial charge in [0.1, 0.15) is 6.54 Å². The van der Waals surface area contributed by atoms with Crippen LogP contribution in [0, 0.1) is 0 Å². The average Bonchev–Trinajstić information content (AvgIpc) is 3.09. The van der Waals surface area contributed by atoms with Gasteiger partial charge in [0.15, 0.2) is 0 Å². The van der Waals surface area contributed by atoms with Crippen LogP contribution in [0.4, 0.5) is 13.2 Å². The maximum absolute atomic E-state index is 12.5. The lowest BCUT2D eigenvalue weighted by Gasteiger charge is -2.27. The first-order chi connectivity index (χ1) is 12.1. The van der Waals surface area contributed by atoms with E-state index in [2.05, 4.69) is 14.7 Å². The molecule has 0 spiro atoms. The Bertz CT molecular complexity index is 787. The molecule has 1 aromatic carbocycles. The van der Waals surface area contributed by atoms with Crippen molar-refractivity contribution in [2.45, 2.75) is 32.5 Å². The van der Waals surface area contributed by atoms with Crippen LogP contribution < -0.4 is 0 Å². The van der Waals surface area contributed by atoms with E-state index in [0.717, 1.165) is 0 Å². The lowest BCUT2D eigenvalue weighted by Crippen LogP contribution is -2.41. The first-order valence-electron chi connectivity index (χ1n) is 7.67. The smallest absolute Gasteiger partial charge is 0.471 e. The van der Waals surface area contributed by atoms with Crippen LogP contribution >= 0.6 is 0 Å². The van der Waals surface area contributed by atoms with E-state index in [1.54, 1.807) is 6.92 Å². The summed E-state index contributed by atoms with van der Waals surface area (Å²) in [6.45, 7) is 3.10. The number of aromatic nitrogens is 2. The Labute approximate surface area is 146 Å². The van der Waals surface area contributed by atoms with Crippen molar-refractivity contribution in [1.82, 2.24) is 15.0 Å². The molecule has 1 aromatic heterocycles. The molecule has 0 fully saturated rings. The number of carbonyl (C=O) groups is 2. The monoisotopic (exact) mass is 371 g/mol. The van der Waals surface area contributed by atoms with Crippen molar-refractivity contribution in [2.75, 3.05) is 6.54 Å². The van der Waals surface area contributed by atoms with Crippen LogP contribution in [0.25, 0.3) is 11.4 Å². The second-order valence-electron chi connectivity index (χ2n) is 5.58. The van der Waals surface area contributed by atoms with Crippen LogP contribution in [-0.2, 0) is 11.0 Å². The number of benzene rings is 1. The molecule has 0 aliphatic heterocycles. The lowest BCUT2D eigenvalue weighted by atomic mass is 10.1. The molecule has 0 aliphatic carbocycles. The molecule has 2 aromatic rings. The van der Waals surface area contributed by atoms with Gasteiger partial charge < -0.3 is 14.5 Å². The molecule has 1 amide bonds. The van der Waals surface area contributed by atoms with Crippen molar-refractivity contribution < 1.29 is 32.4 Å². The number of hydrogen-bond acceptors (Lipinski definition) is 5. The van der Waals surface area contributed by atoms with E-state index >= 15 is 0 Å². The summed E-state index contributed by atoms with van der Waals surface area (Å²) in [5.41, 5.74) is 0.434. The van der Waals surface area contributed by atoms with Crippen molar-refractivity contribution in [2.24, 2.45) is 0 Å². The Morgan fingerprint density at radius 1 is 1.27 bits per heavy atom. The van der Waals surface area contributed by atoms with Gasteiger partial charge in [0, 0.05) is 17.2 Å². The Kier molecular flexibility index (Phi) is 5.63. The maximum atomic E-state index is 12.5. The fraction of sp³-hybridized carbons (Fsp3) is 0.375. The highest BCUT2D eigenvalue weighted by atomic mass is 19.4. The number of amides is 1. The molecule has 0 aliphatic rings. The largest absolute Gasteiger partial charge is 0.480 e. The van der Waals surface area contributed by atoms with Crippen LogP contribution in [0.3, 0.4) is 0 Å². The third kappa shape index (κ3) is 4.38. The van der Waals surface area contributed by atoms with E-state index in [4.69, 9.17) is 5.11 Å². The lowest BCUT2D eigenvalue weighted by molar-refractivity contribution is -0.159. The number of carbonyl (C=O) groups excluding carboxylic acids is 1. The minimum atomic E-state index is -4.74. The molecule has 140 valence electrons. The second-order valence-corrected chi connectivity index (χ2v) is 5.58. The van der Waals surface area contributed by atoms with E-state index in [-0.39, 0.29) is 23.0 Å². The molecule has 7 nitrogen and oxygen atoms in total. The molecule has 0 bridgehead atoms. The van der Waals surface area contributed by atoms with E-state index in [1.165, 1.54) is 29.2 Å². The summed E-state index contributed by atoms with van der Waals surface area (Å²) in [6, 6.07) is 5.20. The molecule has 1 unspecified atom stereocenters. The second kappa shape index (κ2) is 7.54. The fourth-order valence-corrected chi connectivity index (χ4v) is 2.18. The molecule has 2 rings (SSSR count). The van der Waals surface area contributed by atoms with Gasteiger partial charge in [-0.25, -0.2) is 0 Å². The minimum absolute atomic E-state index is 0.204. The van der Waals surface area contributed by atoms with Gasteiger partial charge in [-0.2, -0.15) is 18.2 Å².